The largest absolute Gasteiger partial charge is 0.292 e. The number of ketones is 1. The summed E-state index contributed by atoms with van der Waals surface area (Å²) in [5, 5.41) is 0. The Hall–Kier alpha value is -1.16. The van der Waals surface area contributed by atoms with Gasteiger partial charge < -0.3 is 0 Å². The smallest absolute Gasteiger partial charge is 0.183 e. The molecule has 3 nitrogen and oxygen atoms in total. The minimum Gasteiger partial charge on any atom is -0.292 e. The van der Waals surface area contributed by atoms with Gasteiger partial charge >= 0.3 is 0 Å². The van der Waals surface area contributed by atoms with E-state index in [9.17, 15) is 13.2 Å². The highest BCUT2D eigenvalue weighted by Gasteiger charge is 2.38. The van der Waals surface area contributed by atoms with Crippen LogP contribution in [-0.2, 0) is 9.84 Å². The Morgan fingerprint density at radius 2 is 1.56 bits per heavy atom. The van der Waals surface area contributed by atoms with E-state index in [0.29, 0.717) is 11.5 Å². The molecule has 18 heavy (non-hydrogen) atoms. The van der Waals surface area contributed by atoms with Crippen LogP contribution in [0.3, 0.4) is 0 Å². The van der Waals surface area contributed by atoms with Crippen LogP contribution in [0.25, 0.3) is 0 Å². The Morgan fingerprint density at radius 1 is 1.11 bits per heavy atom. The van der Waals surface area contributed by atoms with Crippen molar-refractivity contribution in [1.29, 1.82) is 0 Å². The predicted molar refractivity (Wildman–Crippen MR) is 73.8 cm³/mol. The minimum atomic E-state index is -3.43. The number of Topliss-reactive ketones (excluding diaryl/α,β-unsaturated/α-hetero) is 1. The number of carbonyl (C=O) groups excluding carboxylic acids is 1. The predicted octanol–water partition coefficient (Wildman–Crippen LogP) is 2.82. The summed E-state index contributed by atoms with van der Waals surface area (Å²) in [5.41, 5.74) is 1.57. The van der Waals surface area contributed by atoms with Crippen LogP contribution in [0, 0.1) is 0 Å². The average Bonchev–Trinajstić information content (AvgIpc) is 2.26. The molecule has 0 aliphatic carbocycles. The van der Waals surface area contributed by atoms with Gasteiger partial charge in [0, 0.05) is 11.8 Å². The second kappa shape index (κ2) is 4.84. The van der Waals surface area contributed by atoms with E-state index < -0.39 is 14.6 Å². The molecule has 0 amide bonds. The van der Waals surface area contributed by atoms with Crippen LogP contribution in [0.5, 0.6) is 0 Å². The lowest BCUT2D eigenvalue weighted by Crippen LogP contribution is -2.39. The van der Waals surface area contributed by atoms with Gasteiger partial charge in [-0.3, -0.25) is 4.79 Å². The van der Waals surface area contributed by atoms with Gasteiger partial charge in [0.1, 0.15) is 4.75 Å². The molecule has 0 aliphatic rings. The monoisotopic (exact) mass is 268 g/mol. The molecule has 0 heterocycles. The molecule has 0 saturated carbocycles. The normalized spacial score (nSPS) is 12.8. The van der Waals surface area contributed by atoms with Crippen molar-refractivity contribution in [3.63, 3.8) is 0 Å². The maximum atomic E-state index is 12.2. The van der Waals surface area contributed by atoms with Gasteiger partial charge in [0.15, 0.2) is 15.6 Å². The lowest BCUT2D eigenvalue weighted by atomic mass is 9.96. The average molecular weight is 268 g/mol. The zero-order valence-corrected chi connectivity index (χ0v) is 12.3. The lowest BCUT2D eigenvalue weighted by Gasteiger charge is -2.21. The first kappa shape index (κ1) is 14.9. The number of carbonyl (C=O) groups is 1. The minimum absolute atomic E-state index is 0.361. The molecule has 1 rings (SSSR count). The molecule has 0 aromatic heterocycles. The molecular formula is C14H20O3S. The van der Waals surface area contributed by atoms with E-state index in [1.807, 2.05) is 12.1 Å². The molecule has 1 aromatic rings. The molecule has 4 heteroatoms. The van der Waals surface area contributed by atoms with Crippen LogP contribution in [0.1, 0.15) is 49.5 Å². The van der Waals surface area contributed by atoms with E-state index >= 15 is 0 Å². The molecule has 0 bridgehead atoms. The Labute approximate surface area is 109 Å². The van der Waals surface area contributed by atoms with Gasteiger partial charge in [0.05, 0.1) is 0 Å². The van der Waals surface area contributed by atoms with Crippen molar-refractivity contribution >= 4 is 15.6 Å². The van der Waals surface area contributed by atoms with E-state index in [-0.39, 0.29) is 5.78 Å². The van der Waals surface area contributed by atoms with Crippen molar-refractivity contribution in [2.24, 2.45) is 0 Å². The maximum Gasteiger partial charge on any atom is 0.183 e. The van der Waals surface area contributed by atoms with Crippen LogP contribution in [0.4, 0.5) is 0 Å². The Balaban J connectivity index is 3.13. The molecule has 0 radical (unpaired) electrons. The van der Waals surface area contributed by atoms with Crippen molar-refractivity contribution in [1.82, 2.24) is 0 Å². The zero-order chi connectivity index (χ0) is 14.1. The summed E-state index contributed by atoms with van der Waals surface area (Å²) in [7, 11) is -3.43. The summed E-state index contributed by atoms with van der Waals surface area (Å²) in [6.07, 6.45) is 1.09. The molecule has 1 aromatic carbocycles. The van der Waals surface area contributed by atoms with E-state index in [0.717, 1.165) is 11.8 Å². The van der Waals surface area contributed by atoms with Crippen LogP contribution < -0.4 is 0 Å². The lowest BCUT2D eigenvalue weighted by molar-refractivity contribution is 0.0954. The van der Waals surface area contributed by atoms with Crippen LogP contribution in [0.2, 0.25) is 0 Å². The van der Waals surface area contributed by atoms with Crippen molar-refractivity contribution in [2.75, 3.05) is 6.26 Å². The first-order valence-corrected chi connectivity index (χ1v) is 7.81. The number of sulfone groups is 1. The van der Waals surface area contributed by atoms with Gasteiger partial charge in [-0.2, -0.15) is 0 Å². The number of hydrogen-bond donors (Lipinski definition) is 0. The second-order valence-corrected chi connectivity index (χ2v) is 7.95. The van der Waals surface area contributed by atoms with Gasteiger partial charge in [-0.15, -0.1) is 0 Å². The molecular weight excluding hydrogens is 248 g/mol. The van der Waals surface area contributed by atoms with Crippen molar-refractivity contribution < 1.29 is 13.2 Å². The van der Waals surface area contributed by atoms with Crippen LogP contribution in [-0.4, -0.2) is 25.2 Å². The van der Waals surface area contributed by atoms with Crippen molar-refractivity contribution in [3.8, 4) is 0 Å². The highest BCUT2D eigenvalue weighted by molar-refractivity contribution is 7.92. The molecule has 0 N–H and O–H groups in total. The Morgan fingerprint density at radius 3 is 1.89 bits per heavy atom. The van der Waals surface area contributed by atoms with Crippen molar-refractivity contribution in [2.45, 2.75) is 38.4 Å². The van der Waals surface area contributed by atoms with E-state index in [1.165, 1.54) is 13.8 Å². The fourth-order valence-electron chi connectivity index (χ4n) is 1.54. The summed E-state index contributed by atoms with van der Waals surface area (Å²) in [5.74, 6) is 0.0253. The third-order valence-electron chi connectivity index (χ3n) is 3.31. The maximum absolute atomic E-state index is 12.2. The number of benzene rings is 1. The first-order valence-electron chi connectivity index (χ1n) is 5.91. The van der Waals surface area contributed by atoms with E-state index in [2.05, 4.69) is 13.8 Å². The number of rotatable bonds is 4. The standard InChI is InChI=1S/C14H20O3S/c1-10(2)11-6-8-12(9-7-11)13(15)14(3,4)18(5,16)17/h6-10H,1-5H3. The van der Waals surface area contributed by atoms with Gasteiger partial charge in [0.2, 0.25) is 0 Å². The van der Waals surface area contributed by atoms with Gasteiger partial charge in [-0.25, -0.2) is 8.42 Å². The van der Waals surface area contributed by atoms with Crippen molar-refractivity contribution in [3.05, 3.63) is 35.4 Å². The molecule has 0 saturated heterocycles. The van der Waals surface area contributed by atoms with E-state index in [1.54, 1.807) is 12.1 Å². The summed E-state index contributed by atoms with van der Waals surface area (Å²) in [6, 6.07) is 7.14. The van der Waals surface area contributed by atoms with Crippen LogP contribution in [0.15, 0.2) is 24.3 Å². The topological polar surface area (TPSA) is 51.2 Å². The summed E-state index contributed by atoms with van der Waals surface area (Å²) < 4.78 is 21.9. The Bertz CT molecular complexity index is 537. The Kier molecular flexibility index (Phi) is 4.01. The molecule has 0 spiro atoms. The molecule has 0 unspecified atom stereocenters. The third-order valence-corrected chi connectivity index (χ3v) is 5.35. The molecule has 0 aliphatic heterocycles. The molecule has 0 fully saturated rings. The molecule has 0 atom stereocenters. The second-order valence-electron chi connectivity index (χ2n) is 5.39. The summed E-state index contributed by atoms with van der Waals surface area (Å²) in [4.78, 5) is 12.2. The highest BCUT2D eigenvalue weighted by atomic mass is 32.2. The van der Waals surface area contributed by atoms with Gasteiger partial charge in [-0.1, -0.05) is 38.1 Å². The van der Waals surface area contributed by atoms with Crippen LogP contribution >= 0.6 is 0 Å². The van der Waals surface area contributed by atoms with Gasteiger partial charge in [0.25, 0.3) is 0 Å². The van der Waals surface area contributed by atoms with E-state index in [4.69, 9.17) is 0 Å². The SMILES string of the molecule is CC(C)c1ccc(C(=O)C(C)(C)S(C)(=O)=O)cc1. The molecule has 100 valence electrons. The number of hydrogen-bond acceptors (Lipinski definition) is 3. The fourth-order valence-corrected chi connectivity index (χ4v) is 1.99. The summed E-state index contributed by atoms with van der Waals surface area (Å²) >= 11 is 0. The first-order chi connectivity index (χ1) is 8.07. The third kappa shape index (κ3) is 2.80. The quantitative estimate of drug-likeness (QED) is 0.789. The zero-order valence-electron chi connectivity index (χ0n) is 11.5. The van der Waals surface area contributed by atoms with Gasteiger partial charge in [-0.05, 0) is 25.3 Å². The summed E-state index contributed by atoms with van der Waals surface area (Å²) in [6.45, 7) is 7.02. The highest BCUT2D eigenvalue weighted by Crippen LogP contribution is 2.23. The fraction of sp³-hybridized carbons (Fsp3) is 0.500.